The van der Waals surface area contributed by atoms with Crippen LogP contribution in [0.3, 0.4) is 0 Å². The second kappa shape index (κ2) is 8.97. The average Bonchev–Trinajstić information content (AvgIpc) is 3.28. The highest BCUT2D eigenvalue weighted by Crippen LogP contribution is 2.49. The summed E-state index contributed by atoms with van der Waals surface area (Å²) in [5, 5.41) is 6.34. The molecule has 1 aliphatic carbocycles. The third-order valence-corrected chi connectivity index (χ3v) is 6.64. The van der Waals surface area contributed by atoms with E-state index < -0.39 is 0 Å². The minimum Gasteiger partial charge on any atom is -0.488 e. The molecule has 9 nitrogen and oxygen atoms in total. The van der Waals surface area contributed by atoms with Crippen molar-refractivity contribution in [3.63, 3.8) is 0 Å². The van der Waals surface area contributed by atoms with Crippen LogP contribution in [-0.4, -0.2) is 72.1 Å². The van der Waals surface area contributed by atoms with E-state index in [0.29, 0.717) is 23.9 Å². The predicted molar refractivity (Wildman–Crippen MR) is 121 cm³/mol. The summed E-state index contributed by atoms with van der Waals surface area (Å²) < 4.78 is 11.9. The first-order valence-corrected chi connectivity index (χ1v) is 11.6. The maximum absolute atomic E-state index is 13.2. The lowest BCUT2D eigenvalue weighted by molar-refractivity contribution is -0.147. The van der Waals surface area contributed by atoms with Crippen molar-refractivity contribution in [1.82, 2.24) is 25.5 Å². The molecular formula is C24H29N5O4. The molecule has 9 heteroatoms. The smallest absolute Gasteiger partial charge is 0.274 e. The van der Waals surface area contributed by atoms with Gasteiger partial charge in [0.1, 0.15) is 6.10 Å². The Labute approximate surface area is 192 Å². The Hall–Kier alpha value is -3.20. The van der Waals surface area contributed by atoms with Crippen molar-refractivity contribution in [2.24, 2.45) is 5.41 Å². The first-order valence-electron chi connectivity index (χ1n) is 11.6. The number of carbonyl (C=O) groups excluding carboxylic acids is 2. The molecule has 5 rings (SSSR count). The fourth-order valence-electron chi connectivity index (χ4n) is 5.04. The lowest BCUT2D eigenvalue weighted by Crippen LogP contribution is -2.64. The number of carbonyl (C=O) groups is 2. The molecule has 3 fully saturated rings. The minimum absolute atomic E-state index is 0.0172. The van der Waals surface area contributed by atoms with Gasteiger partial charge in [-0.15, -0.1) is 0 Å². The van der Waals surface area contributed by atoms with Crippen LogP contribution in [0.2, 0.25) is 0 Å². The predicted octanol–water partition coefficient (Wildman–Crippen LogP) is 1.63. The third-order valence-electron chi connectivity index (χ3n) is 6.64. The first-order chi connectivity index (χ1) is 16.1. The molecule has 2 aliphatic heterocycles. The van der Waals surface area contributed by atoms with Crippen LogP contribution in [0.1, 0.15) is 36.7 Å². The second-order valence-electron chi connectivity index (χ2n) is 9.15. The van der Waals surface area contributed by atoms with Gasteiger partial charge in [0, 0.05) is 37.3 Å². The number of nitrogens with zero attached hydrogens (tertiary/aromatic N) is 3. The molecule has 3 aliphatic rings. The molecule has 4 heterocycles. The van der Waals surface area contributed by atoms with Crippen LogP contribution in [0, 0.1) is 5.41 Å². The van der Waals surface area contributed by atoms with Crippen LogP contribution in [-0.2, 0) is 4.79 Å². The Bertz CT molecular complexity index is 1030. The summed E-state index contributed by atoms with van der Waals surface area (Å²) in [7, 11) is 0. The van der Waals surface area contributed by atoms with Crippen LogP contribution in [0.15, 0.2) is 30.5 Å². The number of aromatic nitrogens is 2. The van der Waals surface area contributed by atoms with Gasteiger partial charge in [0.05, 0.1) is 17.9 Å². The molecular weight excluding hydrogens is 422 g/mol. The zero-order valence-corrected chi connectivity index (χ0v) is 18.8. The molecule has 1 unspecified atom stereocenters. The fourth-order valence-corrected chi connectivity index (χ4v) is 5.04. The lowest BCUT2D eigenvalue weighted by atomic mass is 9.62. The van der Waals surface area contributed by atoms with Gasteiger partial charge in [-0.2, -0.15) is 0 Å². The molecule has 2 amide bonds. The monoisotopic (exact) mass is 451 g/mol. The van der Waals surface area contributed by atoms with E-state index in [1.54, 1.807) is 11.1 Å². The Morgan fingerprint density at radius 3 is 2.91 bits per heavy atom. The highest BCUT2D eigenvalue weighted by atomic mass is 16.5. The van der Waals surface area contributed by atoms with Gasteiger partial charge in [-0.3, -0.25) is 9.59 Å². The normalized spacial score (nSPS) is 21.2. The van der Waals surface area contributed by atoms with Crippen molar-refractivity contribution in [1.29, 1.82) is 0 Å². The van der Waals surface area contributed by atoms with Crippen LogP contribution in [0.25, 0.3) is 11.3 Å². The maximum Gasteiger partial charge on any atom is 0.274 e. The molecule has 0 aromatic carbocycles. The quantitative estimate of drug-likeness (QED) is 0.588. The van der Waals surface area contributed by atoms with Crippen molar-refractivity contribution < 1.29 is 19.1 Å². The fraction of sp³-hybridized carbons (Fsp3) is 0.500. The number of pyridine rings is 2. The van der Waals surface area contributed by atoms with Gasteiger partial charge in [-0.1, -0.05) is 0 Å². The van der Waals surface area contributed by atoms with E-state index in [-0.39, 0.29) is 29.2 Å². The number of nitrogens with one attached hydrogen (secondary N) is 2. The first kappa shape index (κ1) is 21.6. The molecule has 2 aromatic heterocycles. The molecule has 1 saturated carbocycles. The Morgan fingerprint density at radius 2 is 2.18 bits per heavy atom. The van der Waals surface area contributed by atoms with E-state index in [4.69, 9.17) is 14.5 Å². The summed E-state index contributed by atoms with van der Waals surface area (Å²) in [6.45, 7) is 5.60. The topological polar surface area (TPSA) is 106 Å². The highest BCUT2D eigenvalue weighted by Gasteiger charge is 2.53. The zero-order chi connectivity index (χ0) is 22.8. The summed E-state index contributed by atoms with van der Waals surface area (Å²) in [4.78, 5) is 34.9. The van der Waals surface area contributed by atoms with Crippen LogP contribution in [0.5, 0.6) is 11.6 Å². The van der Waals surface area contributed by atoms with Crippen LogP contribution >= 0.6 is 0 Å². The number of hydrogen-bond acceptors (Lipinski definition) is 7. The molecule has 174 valence electrons. The van der Waals surface area contributed by atoms with Crippen molar-refractivity contribution in [3.05, 3.63) is 36.2 Å². The minimum atomic E-state index is -0.243. The number of amides is 2. The van der Waals surface area contributed by atoms with E-state index >= 15 is 0 Å². The molecule has 0 radical (unpaired) electrons. The van der Waals surface area contributed by atoms with Crippen LogP contribution in [0.4, 0.5) is 0 Å². The Morgan fingerprint density at radius 1 is 1.33 bits per heavy atom. The standard InChI is InChI=1S/C24H29N5O4/c1-2-32-23-18(4-3-8-26-23)19-5-6-20(21(28-19)22(31)27-16-7-9-25-12-16)33-17-10-24(11-17)13-29(14-24)15-30/h3-6,8,15-17,25H,2,7,9-14H2,1H3,(H,27,31). The third kappa shape index (κ3) is 4.37. The van der Waals surface area contributed by atoms with Crippen molar-refractivity contribution in [3.8, 4) is 22.9 Å². The van der Waals surface area contributed by atoms with Gasteiger partial charge in [0.25, 0.3) is 5.91 Å². The summed E-state index contributed by atoms with van der Waals surface area (Å²) >= 11 is 0. The van der Waals surface area contributed by atoms with Gasteiger partial charge in [-0.25, -0.2) is 9.97 Å². The van der Waals surface area contributed by atoms with E-state index in [1.165, 1.54) is 0 Å². The van der Waals surface area contributed by atoms with Gasteiger partial charge < -0.3 is 25.0 Å². The number of ether oxygens (including phenoxy) is 2. The number of hydrogen-bond donors (Lipinski definition) is 2. The zero-order valence-electron chi connectivity index (χ0n) is 18.8. The molecule has 33 heavy (non-hydrogen) atoms. The van der Waals surface area contributed by atoms with E-state index in [2.05, 4.69) is 15.6 Å². The van der Waals surface area contributed by atoms with Gasteiger partial charge in [-0.05, 0) is 57.0 Å². The highest BCUT2D eigenvalue weighted by molar-refractivity contribution is 5.96. The van der Waals surface area contributed by atoms with E-state index in [0.717, 1.165) is 57.4 Å². The maximum atomic E-state index is 13.2. The lowest BCUT2D eigenvalue weighted by Gasteiger charge is -2.57. The SMILES string of the molecule is CCOc1ncccc1-c1ccc(OC2CC3(C2)CN(C=O)C3)c(C(=O)NC2CCNC2)n1. The molecule has 1 atom stereocenters. The Kier molecular flexibility index (Phi) is 5.88. The van der Waals surface area contributed by atoms with E-state index in [9.17, 15) is 9.59 Å². The van der Waals surface area contributed by atoms with Gasteiger partial charge in [0.2, 0.25) is 12.3 Å². The Balaban J connectivity index is 1.38. The number of likely N-dealkylation sites (tertiary alicyclic amines) is 1. The summed E-state index contributed by atoms with van der Waals surface area (Å²) in [6, 6.07) is 7.44. The summed E-state index contributed by atoms with van der Waals surface area (Å²) in [5.41, 5.74) is 1.79. The number of rotatable bonds is 8. The second-order valence-corrected chi connectivity index (χ2v) is 9.15. The molecule has 2 N–H and O–H groups in total. The van der Waals surface area contributed by atoms with Crippen molar-refractivity contribution >= 4 is 12.3 Å². The molecule has 2 aromatic rings. The van der Waals surface area contributed by atoms with Gasteiger partial charge in [0.15, 0.2) is 11.4 Å². The van der Waals surface area contributed by atoms with Crippen LogP contribution < -0.4 is 20.1 Å². The molecule has 1 spiro atoms. The van der Waals surface area contributed by atoms with Crippen molar-refractivity contribution in [2.45, 2.75) is 38.3 Å². The largest absolute Gasteiger partial charge is 0.488 e. The molecule has 2 saturated heterocycles. The molecule has 0 bridgehead atoms. The van der Waals surface area contributed by atoms with Gasteiger partial charge >= 0.3 is 0 Å². The van der Waals surface area contributed by atoms with E-state index in [1.807, 2.05) is 31.2 Å². The summed E-state index contributed by atoms with van der Waals surface area (Å²) in [6.07, 6.45) is 5.23. The average molecular weight is 452 g/mol. The van der Waals surface area contributed by atoms with Crippen molar-refractivity contribution in [2.75, 3.05) is 32.8 Å². The summed E-state index contributed by atoms with van der Waals surface area (Å²) in [5.74, 6) is 0.723.